The van der Waals surface area contributed by atoms with Crippen LogP contribution in [0.25, 0.3) is 21.0 Å². The van der Waals surface area contributed by atoms with Crippen molar-refractivity contribution in [2.75, 3.05) is 19.5 Å². The smallest absolute Gasteiger partial charge is 0.323 e. The van der Waals surface area contributed by atoms with Crippen molar-refractivity contribution in [2.24, 2.45) is 0 Å². The molecule has 2 aromatic carbocycles. The molecule has 4 aromatic rings. The maximum Gasteiger partial charge on any atom is 0.323 e. The highest BCUT2D eigenvalue weighted by Crippen LogP contribution is 2.32. The predicted octanol–water partition coefficient (Wildman–Crippen LogP) is 2.64. The quantitative estimate of drug-likeness (QED) is 0.274. The molecule has 1 aliphatic heterocycles. The zero-order valence-electron chi connectivity index (χ0n) is 17.7. The molecule has 1 atom stereocenters. The van der Waals surface area contributed by atoms with Gasteiger partial charge in [-0.3, -0.25) is 10.1 Å². The van der Waals surface area contributed by atoms with Gasteiger partial charge in [0, 0.05) is 29.6 Å². The second-order valence-electron chi connectivity index (χ2n) is 7.55. The Balaban J connectivity index is 1.54. The lowest BCUT2D eigenvalue weighted by molar-refractivity contribution is -0.122. The first-order chi connectivity index (χ1) is 15.9. The molecule has 9 nitrogen and oxygen atoms in total. The van der Waals surface area contributed by atoms with Crippen LogP contribution in [0.15, 0.2) is 42.6 Å². The van der Waals surface area contributed by atoms with E-state index in [0.717, 1.165) is 20.7 Å². The fourth-order valence-corrected chi connectivity index (χ4v) is 4.61. The molecule has 3 heterocycles. The van der Waals surface area contributed by atoms with Crippen LogP contribution in [0.1, 0.15) is 5.56 Å². The van der Waals surface area contributed by atoms with Gasteiger partial charge in [-0.25, -0.2) is 9.78 Å². The number of carbonyl (C=O) groups excluding carboxylic acids is 2. The van der Waals surface area contributed by atoms with Gasteiger partial charge in [-0.05, 0) is 36.4 Å². The molecule has 0 spiro atoms. The van der Waals surface area contributed by atoms with Gasteiger partial charge in [-0.2, -0.15) is 0 Å². The van der Waals surface area contributed by atoms with Gasteiger partial charge < -0.3 is 25.0 Å². The van der Waals surface area contributed by atoms with Crippen LogP contribution in [0.3, 0.4) is 0 Å². The second kappa shape index (κ2) is 7.72. The molecular formula is C23H19N5O4S. The molecule has 166 valence electrons. The summed E-state index contributed by atoms with van der Waals surface area (Å²) < 4.78 is 7.67. The fourth-order valence-electron chi connectivity index (χ4n) is 3.75. The molecule has 3 amide bonds. The third-order valence-electron chi connectivity index (χ3n) is 5.44. The lowest BCUT2D eigenvalue weighted by Crippen LogP contribution is -2.49. The lowest BCUT2D eigenvalue weighted by atomic mass is 10.00. The predicted molar refractivity (Wildman–Crippen MR) is 126 cm³/mol. The summed E-state index contributed by atoms with van der Waals surface area (Å²) in [5.74, 6) is 5.91. The van der Waals surface area contributed by atoms with Gasteiger partial charge in [0.25, 0.3) is 5.91 Å². The largest absolute Gasteiger partial charge is 0.497 e. The number of anilines is 1. The number of hydrogen-bond acceptors (Lipinski definition) is 7. The van der Waals surface area contributed by atoms with E-state index >= 15 is 0 Å². The summed E-state index contributed by atoms with van der Waals surface area (Å²) in [6.45, 7) is -0.0763. The van der Waals surface area contributed by atoms with Gasteiger partial charge in [0.2, 0.25) is 5.54 Å². The molecule has 0 unspecified atom stereocenters. The van der Waals surface area contributed by atoms with E-state index in [0.29, 0.717) is 16.7 Å². The second-order valence-corrected chi connectivity index (χ2v) is 8.58. The first-order valence-electron chi connectivity index (χ1n) is 10.0. The van der Waals surface area contributed by atoms with Crippen molar-refractivity contribution in [3.8, 4) is 23.5 Å². The van der Waals surface area contributed by atoms with Crippen LogP contribution in [0.5, 0.6) is 11.6 Å². The minimum atomic E-state index is -1.55. The van der Waals surface area contributed by atoms with Gasteiger partial charge in [-0.15, -0.1) is 0 Å². The maximum atomic E-state index is 12.8. The van der Waals surface area contributed by atoms with Crippen molar-refractivity contribution in [1.29, 1.82) is 0 Å². The van der Waals surface area contributed by atoms with Crippen LogP contribution < -0.4 is 20.7 Å². The summed E-state index contributed by atoms with van der Waals surface area (Å²) in [5, 5.41) is 20.8. The van der Waals surface area contributed by atoms with Crippen molar-refractivity contribution in [3.63, 3.8) is 0 Å². The van der Waals surface area contributed by atoms with E-state index < -0.39 is 17.5 Å². The number of amides is 3. The van der Waals surface area contributed by atoms with Crippen molar-refractivity contribution in [1.82, 2.24) is 20.2 Å². The lowest BCUT2D eigenvalue weighted by Gasteiger charge is -2.20. The number of benzene rings is 2. The minimum absolute atomic E-state index is 0.0512. The number of ether oxygens (including phenoxy) is 1. The molecule has 1 fully saturated rings. The zero-order chi connectivity index (χ0) is 23.2. The summed E-state index contributed by atoms with van der Waals surface area (Å²) in [7, 11) is 3.35. The Bertz CT molecular complexity index is 1500. The molecule has 0 bridgehead atoms. The standard InChI is InChI=1S/C23H19N5O4S/c1-24-22-25-17-6-3-13(9-18(17)33-22)7-8-23(20(30)26-21(31)27-23)12-28-11-14-4-5-15(32-2)10-16(14)19(28)29/h3-6,9-11,29H,12H2,1-2H3,(H,24,25)(H2,26,27,30,31)/t23-/m1/s1. The number of hydrogen-bond donors (Lipinski definition) is 4. The highest BCUT2D eigenvalue weighted by atomic mass is 32.1. The number of aromatic nitrogens is 2. The van der Waals surface area contributed by atoms with Crippen molar-refractivity contribution in [3.05, 3.63) is 48.2 Å². The van der Waals surface area contributed by atoms with E-state index in [2.05, 4.69) is 32.8 Å². The Kier molecular flexibility index (Phi) is 4.83. The Labute approximate surface area is 192 Å². The molecular weight excluding hydrogens is 442 g/mol. The number of imide groups is 1. The highest BCUT2D eigenvalue weighted by Gasteiger charge is 2.46. The molecule has 0 aliphatic carbocycles. The molecule has 1 aliphatic rings. The monoisotopic (exact) mass is 461 g/mol. The van der Waals surface area contributed by atoms with E-state index in [9.17, 15) is 14.7 Å². The van der Waals surface area contributed by atoms with Crippen molar-refractivity contribution >= 4 is 49.4 Å². The zero-order valence-corrected chi connectivity index (χ0v) is 18.5. The average Bonchev–Trinajstić information content (AvgIpc) is 3.45. The van der Waals surface area contributed by atoms with Crippen LogP contribution in [0.4, 0.5) is 9.93 Å². The van der Waals surface area contributed by atoms with E-state index in [4.69, 9.17) is 4.74 Å². The Morgan fingerprint density at radius 3 is 2.85 bits per heavy atom. The van der Waals surface area contributed by atoms with Gasteiger partial charge in [-0.1, -0.05) is 23.2 Å². The third-order valence-corrected chi connectivity index (χ3v) is 6.48. The number of nitrogens with zero attached hydrogens (tertiary/aromatic N) is 2. The number of carbonyl (C=O) groups is 2. The van der Waals surface area contributed by atoms with Gasteiger partial charge in [0.15, 0.2) is 11.0 Å². The molecule has 10 heteroatoms. The van der Waals surface area contributed by atoms with Crippen LogP contribution in [-0.2, 0) is 11.3 Å². The van der Waals surface area contributed by atoms with E-state index in [1.54, 1.807) is 38.6 Å². The number of aromatic hydroxyl groups is 1. The summed E-state index contributed by atoms with van der Waals surface area (Å²) in [4.78, 5) is 29.2. The van der Waals surface area contributed by atoms with Crippen LogP contribution in [0.2, 0.25) is 0 Å². The van der Waals surface area contributed by atoms with Crippen molar-refractivity contribution in [2.45, 2.75) is 12.1 Å². The third kappa shape index (κ3) is 3.58. The number of urea groups is 1. The van der Waals surface area contributed by atoms with E-state index in [1.165, 1.54) is 15.9 Å². The van der Waals surface area contributed by atoms with Crippen LogP contribution in [0, 0.1) is 11.8 Å². The number of thiazole rings is 1. The first kappa shape index (κ1) is 20.7. The highest BCUT2D eigenvalue weighted by molar-refractivity contribution is 7.22. The number of methoxy groups -OCH3 is 1. The normalized spacial score (nSPS) is 17.5. The number of nitrogens with one attached hydrogen (secondary N) is 3. The fraction of sp³-hybridized carbons (Fsp3) is 0.174. The van der Waals surface area contributed by atoms with Crippen molar-refractivity contribution < 1.29 is 19.4 Å². The SMILES string of the molecule is CNc1nc2ccc(C#C[C@]3(Cn4cc5ccc(OC)cc5c4O)NC(=O)NC3=O)cc2s1. The molecule has 4 N–H and O–H groups in total. The molecule has 33 heavy (non-hydrogen) atoms. The molecule has 0 saturated carbocycles. The topological polar surface area (TPSA) is 118 Å². The van der Waals surface area contributed by atoms with Gasteiger partial charge >= 0.3 is 6.03 Å². The molecule has 5 rings (SSSR count). The number of rotatable bonds is 4. The van der Waals surface area contributed by atoms with Gasteiger partial charge in [0.05, 0.1) is 23.9 Å². The molecule has 0 radical (unpaired) electrons. The van der Waals surface area contributed by atoms with E-state index in [1.807, 2.05) is 18.2 Å². The Morgan fingerprint density at radius 2 is 2.12 bits per heavy atom. The summed E-state index contributed by atoms with van der Waals surface area (Å²) >= 11 is 1.49. The van der Waals surface area contributed by atoms with Crippen LogP contribution >= 0.6 is 11.3 Å². The molecule has 2 aromatic heterocycles. The van der Waals surface area contributed by atoms with Gasteiger partial charge in [0.1, 0.15) is 5.75 Å². The van der Waals surface area contributed by atoms with Crippen LogP contribution in [-0.4, -0.2) is 46.3 Å². The van der Waals surface area contributed by atoms with E-state index in [-0.39, 0.29) is 12.4 Å². The Hall–Kier alpha value is -4.23. The number of fused-ring (bicyclic) bond motifs is 2. The summed E-state index contributed by atoms with van der Waals surface area (Å²) in [5.41, 5.74) is -0.0309. The minimum Gasteiger partial charge on any atom is -0.497 e. The first-order valence-corrected chi connectivity index (χ1v) is 10.8. The Morgan fingerprint density at radius 1 is 1.27 bits per heavy atom. The maximum absolute atomic E-state index is 12.8. The molecule has 1 saturated heterocycles. The summed E-state index contributed by atoms with van der Waals surface area (Å²) in [6, 6.07) is 10.2. The summed E-state index contributed by atoms with van der Waals surface area (Å²) in [6.07, 6.45) is 1.70. The average molecular weight is 462 g/mol.